The van der Waals surface area contributed by atoms with E-state index in [4.69, 9.17) is 0 Å². The van der Waals surface area contributed by atoms with Crippen LogP contribution in [0.25, 0.3) is 0 Å². The van der Waals surface area contributed by atoms with Gasteiger partial charge in [-0.05, 0) is 43.9 Å². The summed E-state index contributed by atoms with van der Waals surface area (Å²) in [6.07, 6.45) is 4.00. The van der Waals surface area contributed by atoms with Crippen LogP contribution in [0.2, 0.25) is 0 Å². The molecule has 1 aromatic carbocycles. The lowest BCUT2D eigenvalue weighted by molar-refractivity contribution is 0.297. The van der Waals surface area contributed by atoms with Gasteiger partial charge in [0.05, 0.1) is 0 Å². The average molecular weight is 246 g/mol. The molecule has 2 heteroatoms. The molecule has 2 rings (SSSR count). The molecule has 100 valence electrons. The van der Waals surface area contributed by atoms with Crippen molar-refractivity contribution in [3.63, 3.8) is 0 Å². The van der Waals surface area contributed by atoms with Gasteiger partial charge in [0.2, 0.25) is 0 Å². The lowest BCUT2D eigenvalue weighted by Crippen LogP contribution is -2.45. The van der Waals surface area contributed by atoms with Crippen molar-refractivity contribution in [1.29, 1.82) is 0 Å². The molecule has 18 heavy (non-hydrogen) atoms. The third kappa shape index (κ3) is 3.26. The molecule has 1 N–H and O–H groups in total. The molecule has 2 atom stereocenters. The molecule has 0 amide bonds. The van der Waals surface area contributed by atoms with E-state index < -0.39 is 0 Å². The van der Waals surface area contributed by atoms with E-state index in [-0.39, 0.29) is 0 Å². The smallest absolute Gasteiger partial charge is 0.0393 e. The summed E-state index contributed by atoms with van der Waals surface area (Å²) in [4.78, 5) is 2.39. The number of nitrogens with one attached hydrogen (secondary N) is 1. The van der Waals surface area contributed by atoms with Crippen LogP contribution >= 0.6 is 0 Å². The molecule has 2 unspecified atom stereocenters. The summed E-state index contributed by atoms with van der Waals surface area (Å²) in [5, 5.41) is 3.66. The van der Waals surface area contributed by atoms with E-state index >= 15 is 0 Å². The van der Waals surface area contributed by atoms with Gasteiger partial charge in [-0.3, -0.25) is 0 Å². The largest absolute Gasteiger partial charge is 0.373 e. The zero-order valence-electron chi connectivity index (χ0n) is 11.9. The second kappa shape index (κ2) is 6.24. The Labute approximate surface area is 111 Å². The van der Waals surface area contributed by atoms with Gasteiger partial charge in [-0.15, -0.1) is 0 Å². The van der Waals surface area contributed by atoms with E-state index in [0.717, 1.165) is 12.5 Å². The van der Waals surface area contributed by atoms with E-state index in [9.17, 15) is 0 Å². The lowest BCUT2D eigenvalue weighted by Gasteiger charge is -2.33. The SMILES string of the molecule is CCC1CCNC(CN(C)c2ccccc2C)C1. The first-order chi connectivity index (χ1) is 8.70. The minimum atomic E-state index is 0.647. The fraction of sp³-hybridized carbons (Fsp3) is 0.625. The highest BCUT2D eigenvalue weighted by Crippen LogP contribution is 2.22. The van der Waals surface area contributed by atoms with Crippen molar-refractivity contribution in [3.05, 3.63) is 29.8 Å². The van der Waals surface area contributed by atoms with E-state index in [1.165, 1.54) is 37.1 Å². The van der Waals surface area contributed by atoms with Gasteiger partial charge in [0, 0.05) is 25.3 Å². The van der Waals surface area contributed by atoms with Gasteiger partial charge in [0.25, 0.3) is 0 Å². The zero-order valence-corrected chi connectivity index (χ0v) is 11.9. The van der Waals surface area contributed by atoms with Crippen LogP contribution in [0.4, 0.5) is 5.69 Å². The van der Waals surface area contributed by atoms with Gasteiger partial charge >= 0.3 is 0 Å². The first-order valence-electron chi connectivity index (χ1n) is 7.20. The molecule has 0 radical (unpaired) electrons. The molecule has 1 heterocycles. The third-order valence-electron chi connectivity index (χ3n) is 4.20. The zero-order chi connectivity index (χ0) is 13.0. The Morgan fingerprint density at radius 2 is 2.11 bits per heavy atom. The Balaban J connectivity index is 1.95. The normalized spacial score (nSPS) is 23.9. The molecule has 1 saturated heterocycles. The molecule has 1 aromatic rings. The maximum atomic E-state index is 3.66. The number of hydrogen-bond donors (Lipinski definition) is 1. The van der Waals surface area contributed by atoms with Crippen LogP contribution in [0, 0.1) is 12.8 Å². The molecule has 0 spiro atoms. The van der Waals surface area contributed by atoms with Gasteiger partial charge in [-0.25, -0.2) is 0 Å². The van der Waals surface area contributed by atoms with Gasteiger partial charge in [0.1, 0.15) is 0 Å². The van der Waals surface area contributed by atoms with E-state index in [1.54, 1.807) is 0 Å². The Morgan fingerprint density at radius 1 is 1.33 bits per heavy atom. The topological polar surface area (TPSA) is 15.3 Å². The second-order valence-corrected chi connectivity index (χ2v) is 5.62. The summed E-state index contributed by atoms with van der Waals surface area (Å²) in [6.45, 7) is 6.80. The fourth-order valence-corrected chi connectivity index (χ4v) is 3.03. The maximum Gasteiger partial charge on any atom is 0.0393 e. The number of para-hydroxylation sites is 1. The molecular weight excluding hydrogens is 220 g/mol. The number of piperidine rings is 1. The Hall–Kier alpha value is -1.02. The van der Waals surface area contributed by atoms with Crippen molar-refractivity contribution in [3.8, 4) is 0 Å². The summed E-state index contributed by atoms with van der Waals surface area (Å²) < 4.78 is 0. The van der Waals surface area contributed by atoms with Gasteiger partial charge in [-0.2, -0.15) is 0 Å². The predicted octanol–water partition coefficient (Wildman–Crippen LogP) is 3.21. The lowest BCUT2D eigenvalue weighted by atomic mass is 9.90. The van der Waals surface area contributed by atoms with Crippen molar-refractivity contribution in [1.82, 2.24) is 5.32 Å². The minimum Gasteiger partial charge on any atom is -0.373 e. The van der Waals surface area contributed by atoms with Gasteiger partial charge in [-0.1, -0.05) is 31.5 Å². The highest BCUT2D eigenvalue weighted by molar-refractivity contribution is 5.52. The van der Waals surface area contributed by atoms with Crippen molar-refractivity contribution in [2.75, 3.05) is 25.0 Å². The predicted molar refractivity (Wildman–Crippen MR) is 79.3 cm³/mol. The molecule has 1 fully saturated rings. The average Bonchev–Trinajstić information content (AvgIpc) is 2.39. The van der Waals surface area contributed by atoms with Crippen LogP contribution < -0.4 is 10.2 Å². The molecule has 0 aromatic heterocycles. The summed E-state index contributed by atoms with van der Waals surface area (Å²) in [5.41, 5.74) is 2.72. The van der Waals surface area contributed by atoms with Crippen LogP contribution in [-0.2, 0) is 0 Å². The molecular formula is C16H26N2. The minimum absolute atomic E-state index is 0.647. The highest BCUT2D eigenvalue weighted by Gasteiger charge is 2.21. The number of nitrogens with zero attached hydrogens (tertiary/aromatic N) is 1. The number of likely N-dealkylation sites (N-methyl/N-ethyl adjacent to an activating group) is 1. The van der Waals surface area contributed by atoms with Crippen molar-refractivity contribution >= 4 is 5.69 Å². The summed E-state index contributed by atoms with van der Waals surface area (Å²) >= 11 is 0. The van der Waals surface area contributed by atoms with E-state index in [2.05, 4.69) is 55.4 Å². The number of hydrogen-bond acceptors (Lipinski definition) is 2. The molecule has 2 nitrogen and oxygen atoms in total. The monoisotopic (exact) mass is 246 g/mol. The van der Waals surface area contributed by atoms with Crippen LogP contribution in [0.3, 0.4) is 0 Å². The van der Waals surface area contributed by atoms with Crippen molar-refractivity contribution in [2.24, 2.45) is 5.92 Å². The fourth-order valence-electron chi connectivity index (χ4n) is 3.03. The third-order valence-corrected chi connectivity index (χ3v) is 4.20. The number of benzene rings is 1. The van der Waals surface area contributed by atoms with Crippen molar-refractivity contribution < 1.29 is 0 Å². The number of anilines is 1. The van der Waals surface area contributed by atoms with Crippen LogP contribution in [-0.4, -0.2) is 26.2 Å². The van der Waals surface area contributed by atoms with Crippen LogP contribution in [0.15, 0.2) is 24.3 Å². The highest BCUT2D eigenvalue weighted by atomic mass is 15.1. The Morgan fingerprint density at radius 3 is 2.83 bits per heavy atom. The maximum absolute atomic E-state index is 3.66. The standard InChI is InChI=1S/C16H26N2/c1-4-14-9-10-17-15(11-14)12-18(3)16-8-6-5-7-13(16)2/h5-8,14-15,17H,4,9-12H2,1-3H3. The summed E-state index contributed by atoms with van der Waals surface area (Å²) in [5.74, 6) is 0.918. The van der Waals surface area contributed by atoms with Crippen molar-refractivity contribution in [2.45, 2.75) is 39.2 Å². The number of aryl methyl sites for hydroxylation is 1. The molecule has 0 aliphatic carbocycles. The molecule has 0 saturated carbocycles. The quantitative estimate of drug-likeness (QED) is 0.877. The van der Waals surface area contributed by atoms with Gasteiger partial charge in [0.15, 0.2) is 0 Å². The summed E-state index contributed by atoms with van der Waals surface area (Å²) in [6, 6.07) is 9.29. The first kappa shape index (κ1) is 13.4. The molecule has 1 aliphatic heterocycles. The van der Waals surface area contributed by atoms with Crippen LogP contribution in [0.5, 0.6) is 0 Å². The first-order valence-corrected chi connectivity index (χ1v) is 7.20. The molecule has 1 aliphatic rings. The van der Waals surface area contributed by atoms with Gasteiger partial charge < -0.3 is 10.2 Å². The molecule has 0 bridgehead atoms. The number of rotatable bonds is 4. The Bertz CT molecular complexity index is 375. The van der Waals surface area contributed by atoms with E-state index in [1.807, 2.05) is 0 Å². The van der Waals surface area contributed by atoms with Crippen LogP contribution in [0.1, 0.15) is 31.7 Å². The Kier molecular flexibility index (Phi) is 4.65. The van der Waals surface area contributed by atoms with E-state index in [0.29, 0.717) is 6.04 Å². The second-order valence-electron chi connectivity index (χ2n) is 5.62. The summed E-state index contributed by atoms with van der Waals surface area (Å²) in [7, 11) is 2.21.